The third-order valence-electron chi connectivity index (χ3n) is 3.01. The summed E-state index contributed by atoms with van der Waals surface area (Å²) in [6.07, 6.45) is -0.237. The summed E-state index contributed by atoms with van der Waals surface area (Å²) < 4.78 is 5.45. The second kappa shape index (κ2) is 4.89. The van der Waals surface area contributed by atoms with E-state index in [-0.39, 0.29) is 6.54 Å². The van der Waals surface area contributed by atoms with Crippen LogP contribution in [0.5, 0.6) is 5.75 Å². The lowest BCUT2D eigenvalue weighted by atomic mass is 10.1. The Morgan fingerprint density at radius 2 is 2.16 bits per heavy atom. The van der Waals surface area contributed by atoms with E-state index in [1.54, 1.807) is 6.07 Å². The second-order valence-electron chi connectivity index (χ2n) is 4.72. The predicted octanol–water partition coefficient (Wildman–Crippen LogP) is -0.0581. The van der Waals surface area contributed by atoms with Crippen molar-refractivity contribution in [1.29, 1.82) is 0 Å². The Labute approximate surface area is 110 Å². The number of ether oxygens (including phenoxy) is 1. The van der Waals surface area contributed by atoms with Crippen molar-refractivity contribution in [3.8, 4) is 5.75 Å². The highest BCUT2D eigenvalue weighted by Crippen LogP contribution is 2.28. The molecule has 1 aliphatic heterocycles. The van der Waals surface area contributed by atoms with Gasteiger partial charge in [-0.25, -0.2) is 4.79 Å². The number of nitrogens with one attached hydrogen (secondary N) is 1. The summed E-state index contributed by atoms with van der Waals surface area (Å²) >= 11 is 0. The third-order valence-corrected chi connectivity index (χ3v) is 3.01. The van der Waals surface area contributed by atoms with Crippen LogP contribution in [-0.2, 0) is 16.0 Å². The van der Waals surface area contributed by atoms with E-state index < -0.39 is 23.6 Å². The molecule has 1 aromatic rings. The number of carbonyl (C=O) groups excluding carboxylic acids is 1. The summed E-state index contributed by atoms with van der Waals surface area (Å²) in [5, 5.41) is 20.6. The zero-order valence-electron chi connectivity index (χ0n) is 10.4. The van der Waals surface area contributed by atoms with Gasteiger partial charge in [-0.2, -0.15) is 0 Å². The highest BCUT2D eigenvalue weighted by atomic mass is 16.5. The Balaban J connectivity index is 1.92. The number of hydrogen-bond donors (Lipinski definition) is 3. The van der Waals surface area contributed by atoms with Gasteiger partial charge in [0.25, 0.3) is 5.91 Å². The molecule has 6 heteroatoms. The van der Waals surface area contributed by atoms with E-state index in [1.165, 1.54) is 0 Å². The van der Waals surface area contributed by atoms with Crippen molar-refractivity contribution in [2.24, 2.45) is 0 Å². The van der Waals surface area contributed by atoms with Gasteiger partial charge in [0.2, 0.25) is 0 Å². The highest BCUT2D eigenvalue weighted by molar-refractivity contribution is 5.84. The average Bonchev–Trinajstić information content (AvgIpc) is 2.79. The van der Waals surface area contributed by atoms with Crippen molar-refractivity contribution in [3.05, 3.63) is 29.8 Å². The number of hydrogen-bond acceptors (Lipinski definition) is 4. The third kappa shape index (κ3) is 2.85. The van der Waals surface area contributed by atoms with Crippen molar-refractivity contribution in [1.82, 2.24) is 5.32 Å². The van der Waals surface area contributed by atoms with Gasteiger partial charge in [-0.15, -0.1) is 0 Å². The lowest BCUT2D eigenvalue weighted by Gasteiger charge is -2.19. The summed E-state index contributed by atoms with van der Waals surface area (Å²) in [6, 6.07) is 7.32. The van der Waals surface area contributed by atoms with Crippen LogP contribution in [0.15, 0.2) is 24.3 Å². The molecule has 0 spiro atoms. The smallest absolute Gasteiger partial charge is 0.337 e. The molecule has 2 atom stereocenters. The Kier molecular flexibility index (Phi) is 3.44. The molecule has 6 nitrogen and oxygen atoms in total. The maximum Gasteiger partial charge on any atom is 0.337 e. The monoisotopic (exact) mass is 265 g/mol. The molecule has 19 heavy (non-hydrogen) atoms. The quantitative estimate of drug-likeness (QED) is 0.709. The number of rotatable bonds is 4. The summed E-state index contributed by atoms with van der Waals surface area (Å²) in [4.78, 5) is 22.5. The Morgan fingerprint density at radius 1 is 1.47 bits per heavy atom. The van der Waals surface area contributed by atoms with E-state index in [4.69, 9.17) is 9.84 Å². The van der Waals surface area contributed by atoms with Crippen LogP contribution in [0.4, 0.5) is 0 Å². The number of fused-ring (bicyclic) bond motifs is 1. The molecule has 3 N–H and O–H groups in total. The van der Waals surface area contributed by atoms with E-state index in [2.05, 4.69) is 5.32 Å². The first kappa shape index (κ1) is 13.4. The molecule has 0 aromatic heterocycles. The number of para-hydroxylation sites is 1. The van der Waals surface area contributed by atoms with Gasteiger partial charge in [0.1, 0.15) is 5.75 Å². The first-order chi connectivity index (χ1) is 8.90. The molecule has 2 rings (SSSR count). The van der Waals surface area contributed by atoms with Gasteiger partial charge in [0.15, 0.2) is 11.7 Å². The molecule has 1 aromatic carbocycles. The zero-order chi connectivity index (χ0) is 14.0. The van der Waals surface area contributed by atoms with Crippen molar-refractivity contribution >= 4 is 11.9 Å². The molecule has 1 aliphatic rings. The Bertz CT molecular complexity index is 487. The maximum atomic E-state index is 11.8. The predicted molar refractivity (Wildman–Crippen MR) is 65.8 cm³/mol. The van der Waals surface area contributed by atoms with Crippen LogP contribution in [-0.4, -0.2) is 40.3 Å². The lowest BCUT2D eigenvalue weighted by molar-refractivity contribution is -0.156. The number of benzene rings is 1. The highest BCUT2D eigenvalue weighted by Gasteiger charge is 2.33. The summed E-state index contributed by atoms with van der Waals surface area (Å²) in [7, 11) is 0. The van der Waals surface area contributed by atoms with E-state index in [1.807, 2.05) is 18.2 Å². The van der Waals surface area contributed by atoms with Gasteiger partial charge in [-0.3, -0.25) is 4.79 Å². The van der Waals surface area contributed by atoms with E-state index in [9.17, 15) is 14.7 Å². The van der Waals surface area contributed by atoms with Crippen LogP contribution in [0.2, 0.25) is 0 Å². The van der Waals surface area contributed by atoms with Gasteiger partial charge in [0, 0.05) is 6.42 Å². The van der Waals surface area contributed by atoms with Crippen molar-refractivity contribution in [3.63, 3.8) is 0 Å². The van der Waals surface area contributed by atoms with Crippen LogP contribution >= 0.6 is 0 Å². The minimum Gasteiger partial charge on any atom is -0.480 e. The largest absolute Gasteiger partial charge is 0.480 e. The molecule has 0 saturated carbocycles. The number of aliphatic hydroxyl groups is 1. The van der Waals surface area contributed by atoms with Crippen molar-refractivity contribution < 1.29 is 24.5 Å². The number of aliphatic carboxylic acids is 1. The standard InChI is InChI=1S/C13H15NO5/c1-13(18,12(16)17)7-14-11(15)10-6-8-4-2-3-5-9(8)19-10/h2-5,10,18H,6-7H2,1H3,(H,14,15)(H,16,17). The second-order valence-corrected chi connectivity index (χ2v) is 4.72. The molecule has 0 fully saturated rings. The van der Waals surface area contributed by atoms with Gasteiger partial charge >= 0.3 is 5.97 Å². The van der Waals surface area contributed by atoms with Gasteiger partial charge in [-0.05, 0) is 18.6 Å². The fourth-order valence-corrected chi connectivity index (χ4v) is 1.78. The number of carboxylic acids is 1. The minimum atomic E-state index is -1.99. The molecule has 0 radical (unpaired) electrons. The fourth-order valence-electron chi connectivity index (χ4n) is 1.78. The van der Waals surface area contributed by atoms with Crippen LogP contribution in [0.1, 0.15) is 12.5 Å². The van der Waals surface area contributed by atoms with Crippen LogP contribution in [0.3, 0.4) is 0 Å². The van der Waals surface area contributed by atoms with Crippen LogP contribution in [0, 0.1) is 0 Å². The van der Waals surface area contributed by atoms with Gasteiger partial charge in [-0.1, -0.05) is 18.2 Å². The summed E-state index contributed by atoms with van der Waals surface area (Å²) in [5.74, 6) is -1.16. The number of amides is 1. The fraction of sp³-hybridized carbons (Fsp3) is 0.385. The normalized spacial score (nSPS) is 20.0. The minimum absolute atomic E-state index is 0.364. The molecule has 0 saturated heterocycles. The van der Waals surface area contributed by atoms with Gasteiger partial charge < -0.3 is 20.3 Å². The van der Waals surface area contributed by atoms with Crippen LogP contribution in [0.25, 0.3) is 0 Å². The maximum absolute atomic E-state index is 11.8. The molecule has 2 unspecified atom stereocenters. The van der Waals surface area contributed by atoms with E-state index in [0.717, 1.165) is 12.5 Å². The Hall–Kier alpha value is -2.08. The topological polar surface area (TPSA) is 95.9 Å². The summed E-state index contributed by atoms with van der Waals surface area (Å²) in [6.45, 7) is 0.761. The molecule has 1 amide bonds. The van der Waals surface area contributed by atoms with E-state index >= 15 is 0 Å². The molecule has 0 aliphatic carbocycles. The van der Waals surface area contributed by atoms with Crippen LogP contribution < -0.4 is 10.1 Å². The van der Waals surface area contributed by atoms with E-state index in [0.29, 0.717) is 12.2 Å². The average molecular weight is 265 g/mol. The first-order valence-electron chi connectivity index (χ1n) is 5.88. The van der Waals surface area contributed by atoms with Crippen molar-refractivity contribution in [2.75, 3.05) is 6.54 Å². The molecule has 0 bridgehead atoms. The molecular formula is C13H15NO5. The molecular weight excluding hydrogens is 250 g/mol. The summed E-state index contributed by atoms with van der Waals surface area (Å²) in [5.41, 5.74) is -1.05. The van der Waals surface area contributed by atoms with Crippen molar-refractivity contribution in [2.45, 2.75) is 25.0 Å². The Morgan fingerprint density at radius 3 is 2.79 bits per heavy atom. The molecule has 1 heterocycles. The number of carbonyl (C=O) groups is 2. The number of carboxylic acid groups (broad SMARTS) is 1. The van der Waals surface area contributed by atoms with Gasteiger partial charge in [0.05, 0.1) is 6.54 Å². The first-order valence-corrected chi connectivity index (χ1v) is 5.88. The lowest BCUT2D eigenvalue weighted by Crippen LogP contribution is -2.49. The SMILES string of the molecule is CC(O)(CNC(=O)C1Cc2ccccc2O1)C(=O)O. The molecule has 102 valence electrons. The zero-order valence-corrected chi connectivity index (χ0v) is 10.4.